The Kier molecular flexibility index (Phi) is 17.2. The maximum Gasteiger partial charge on any atom is 0.427 e. The van der Waals surface area contributed by atoms with Crippen molar-refractivity contribution in [2.75, 3.05) is 0 Å². The zero-order chi connectivity index (χ0) is 10.9. The fourth-order valence-corrected chi connectivity index (χ4v) is 2.14. The van der Waals surface area contributed by atoms with E-state index >= 15 is 0 Å². The van der Waals surface area contributed by atoms with E-state index in [0.717, 1.165) is 0 Å². The maximum atomic E-state index is 10.1. The van der Waals surface area contributed by atoms with Crippen LogP contribution in [-0.4, -0.2) is 34.4 Å². The van der Waals surface area contributed by atoms with Crippen LogP contribution in [0, 0.1) is 0 Å². The molecule has 0 aromatic heterocycles. The van der Waals surface area contributed by atoms with Crippen molar-refractivity contribution >= 4 is 31.2 Å². The fraction of sp³-hybridized carbons (Fsp3) is 0. The van der Waals surface area contributed by atoms with Crippen molar-refractivity contribution in [1.29, 1.82) is 0 Å². The molecular weight excluding hydrogens is 396 g/mol. The van der Waals surface area contributed by atoms with E-state index in [-0.39, 0.29) is 46.4 Å². The van der Waals surface area contributed by atoms with Gasteiger partial charge in [-0.1, -0.05) is 0 Å². The third-order valence-electron chi connectivity index (χ3n) is 0.333. The summed E-state index contributed by atoms with van der Waals surface area (Å²) in [6.07, 6.45) is 0. The van der Waals surface area contributed by atoms with Crippen LogP contribution in [0.2, 0.25) is 0 Å². The molecule has 112 valence electrons. The molecule has 0 unspecified atom stereocenters. The standard InChI is InChI=1S/2Fe.2H3N.H2O10S3/c;;;;1-11(2,3)9-13(7,8)10-12(4,5)6/h;;2*1H3;(H,1,2,3)(H,4,5,6). The summed E-state index contributed by atoms with van der Waals surface area (Å²) in [7, 11) is -17.1. The van der Waals surface area contributed by atoms with Crippen molar-refractivity contribution in [3.8, 4) is 0 Å². The van der Waals surface area contributed by atoms with Crippen molar-refractivity contribution in [2.45, 2.75) is 0 Å². The molecule has 0 aromatic rings. The second-order valence-corrected chi connectivity index (χ2v) is 4.90. The molecule has 0 aromatic carbocycles. The van der Waals surface area contributed by atoms with Crippen molar-refractivity contribution in [2.24, 2.45) is 0 Å². The minimum atomic E-state index is -5.72. The normalized spacial score (nSPS) is 10.9. The van der Waals surface area contributed by atoms with E-state index in [0.29, 0.717) is 0 Å². The van der Waals surface area contributed by atoms with Gasteiger partial charge in [-0.15, -0.1) is 7.26 Å². The molecule has 17 heavy (non-hydrogen) atoms. The van der Waals surface area contributed by atoms with Gasteiger partial charge in [0, 0.05) is 34.1 Å². The fourth-order valence-electron chi connectivity index (χ4n) is 0.215. The molecule has 0 amide bonds. The van der Waals surface area contributed by atoms with Crippen LogP contribution < -0.4 is 12.3 Å². The number of hydrogen-bond acceptors (Lipinski definition) is 10. The molecule has 12 nitrogen and oxygen atoms in total. The van der Waals surface area contributed by atoms with Gasteiger partial charge in [0.05, 0.1) is 0 Å². The number of hydrogen-bond donors (Lipinski definition) is 2. The summed E-state index contributed by atoms with van der Waals surface area (Å²) in [5, 5.41) is 0. The Morgan fingerprint density at radius 3 is 0.941 bits per heavy atom. The second kappa shape index (κ2) is 9.56. The van der Waals surface area contributed by atoms with Gasteiger partial charge in [-0.3, -0.25) is 0 Å². The van der Waals surface area contributed by atoms with Crippen LogP contribution in [0.1, 0.15) is 0 Å². The van der Waals surface area contributed by atoms with Crippen molar-refractivity contribution in [1.82, 2.24) is 12.3 Å². The van der Waals surface area contributed by atoms with E-state index in [1.165, 1.54) is 0 Å². The number of rotatable bonds is 4. The van der Waals surface area contributed by atoms with Gasteiger partial charge in [0.15, 0.2) is 0 Å². The third-order valence-corrected chi connectivity index (χ3v) is 3.00. The molecule has 0 spiro atoms. The van der Waals surface area contributed by atoms with Gasteiger partial charge in [0.2, 0.25) is 20.8 Å². The third kappa shape index (κ3) is 22.3. The molecule has 0 heterocycles. The van der Waals surface area contributed by atoms with Gasteiger partial charge in [-0.25, -0.2) is 16.8 Å². The van der Waals surface area contributed by atoms with E-state index in [4.69, 9.17) is 0 Å². The first kappa shape index (κ1) is 30.6. The van der Waals surface area contributed by atoms with E-state index in [2.05, 4.69) is 7.26 Å². The van der Waals surface area contributed by atoms with E-state index in [9.17, 15) is 34.4 Å². The molecule has 0 aliphatic heterocycles. The SMILES string of the molecule is O=S(=O)([O-])OS(=O)(=O)OS(=O)(=O)[O-].[Fe].[Fe].[NH4+].[NH4+]. The molecule has 0 saturated heterocycles. The summed E-state index contributed by atoms with van der Waals surface area (Å²) < 4.78 is 82.9. The van der Waals surface area contributed by atoms with Gasteiger partial charge < -0.3 is 21.4 Å². The van der Waals surface area contributed by atoms with Crippen LogP contribution in [0.4, 0.5) is 0 Å². The average molecular weight is 404 g/mol. The molecule has 0 bridgehead atoms. The Hall–Kier alpha value is 0.649. The molecule has 0 aliphatic rings. The Bertz CT molecular complexity index is 432. The zero-order valence-electron chi connectivity index (χ0n) is 8.01. The van der Waals surface area contributed by atoms with Gasteiger partial charge in [0.25, 0.3) is 0 Å². The van der Waals surface area contributed by atoms with Crippen LogP contribution >= 0.6 is 0 Å². The first-order valence-electron chi connectivity index (χ1n) is 2.00. The first-order valence-corrected chi connectivity index (χ1v) is 6.00. The van der Waals surface area contributed by atoms with E-state index in [1.807, 2.05) is 0 Å². The predicted octanol–water partition coefficient (Wildman–Crippen LogP) is -2.07. The van der Waals surface area contributed by atoms with Crippen LogP contribution in [0.5, 0.6) is 0 Å². The maximum absolute atomic E-state index is 10.1. The topological polar surface area (TPSA) is 240 Å². The predicted molar refractivity (Wildman–Crippen MR) is 42.5 cm³/mol. The monoisotopic (exact) mass is 404 g/mol. The Morgan fingerprint density at radius 2 is 0.824 bits per heavy atom. The van der Waals surface area contributed by atoms with Gasteiger partial charge in [-0.2, -0.15) is 8.42 Å². The molecule has 0 aliphatic carbocycles. The molecule has 0 rings (SSSR count). The summed E-state index contributed by atoms with van der Waals surface area (Å²) in [6.45, 7) is 0. The minimum absolute atomic E-state index is 0. The second-order valence-electron chi connectivity index (χ2n) is 1.36. The van der Waals surface area contributed by atoms with Gasteiger partial charge >= 0.3 is 10.4 Å². The summed E-state index contributed by atoms with van der Waals surface area (Å²) >= 11 is 0. The average Bonchev–Trinajstić information content (AvgIpc) is 1.43. The van der Waals surface area contributed by atoms with Crippen LogP contribution in [-0.2, 0) is 72.6 Å². The zero-order valence-corrected chi connectivity index (χ0v) is 12.7. The summed E-state index contributed by atoms with van der Waals surface area (Å²) in [6, 6.07) is 0. The smallest absolute Gasteiger partial charge is 0.427 e. The van der Waals surface area contributed by atoms with Crippen LogP contribution in [0.3, 0.4) is 0 Å². The van der Waals surface area contributed by atoms with Crippen LogP contribution in [0.15, 0.2) is 0 Å². The van der Waals surface area contributed by atoms with Crippen molar-refractivity contribution < 1.29 is 75.8 Å². The molecule has 17 heteroatoms. The minimum Gasteiger partial charge on any atom is -0.725 e. The molecule has 0 fully saturated rings. The van der Waals surface area contributed by atoms with E-state index < -0.39 is 31.2 Å². The summed E-state index contributed by atoms with van der Waals surface area (Å²) in [5.74, 6) is 0. The van der Waals surface area contributed by atoms with E-state index in [1.54, 1.807) is 0 Å². The van der Waals surface area contributed by atoms with Crippen molar-refractivity contribution in [3.05, 3.63) is 0 Å². The van der Waals surface area contributed by atoms with Gasteiger partial charge in [0.1, 0.15) is 0 Å². The largest absolute Gasteiger partial charge is 0.725 e. The molecular formula is H8Fe2N2O10S3. The van der Waals surface area contributed by atoms with Gasteiger partial charge in [-0.05, 0) is 0 Å². The molecule has 0 saturated carbocycles. The summed E-state index contributed by atoms with van der Waals surface area (Å²) in [4.78, 5) is 0. The molecule has 8 N–H and O–H groups in total. The first-order chi connectivity index (χ1) is 5.41. The number of quaternary nitrogens is 2. The van der Waals surface area contributed by atoms with Crippen molar-refractivity contribution in [3.63, 3.8) is 0 Å². The Labute approximate surface area is 119 Å². The molecule has 0 atom stereocenters. The molecule has 0 radical (unpaired) electrons. The quantitative estimate of drug-likeness (QED) is 0.295. The Morgan fingerprint density at radius 1 is 0.647 bits per heavy atom. The Balaban J connectivity index is -0.000000120. The summed E-state index contributed by atoms with van der Waals surface area (Å²) in [5.41, 5.74) is 0. The van der Waals surface area contributed by atoms with Crippen LogP contribution in [0.25, 0.3) is 0 Å².